The molecule has 3 aromatic rings. The maximum absolute atomic E-state index is 14.1. The second kappa shape index (κ2) is 9.41. The van der Waals surface area contributed by atoms with Crippen molar-refractivity contribution in [3.63, 3.8) is 0 Å². The van der Waals surface area contributed by atoms with E-state index in [1.54, 1.807) is 6.92 Å². The van der Waals surface area contributed by atoms with Crippen LogP contribution in [0.15, 0.2) is 40.4 Å². The van der Waals surface area contributed by atoms with E-state index < -0.39 is 30.1 Å². The highest BCUT2D eigenvalue weighted by Crippen LogP contribution is 2.24. The normalized spacial score (nSPS) is 12.0. The Kier molecular flexibility index (Phi) is 6.82. The number of aromatic nitrogens is 3. The van der Waals surface area contributed by atoms with E-state index in [9.17, 15) is 22.4 Å². The van der Waals surface area contributed by atoms with Gasteiger partial charge in [0.05, 0.1) is 22.3 Å². The van der Waals surface area contributed by atoms with E-state index in [-0.39, 0.29) is 33.9 Å². The number of pyridine rings is 1. The number of benzene rings is 1. The molecule has 3 rings (SSSR count). The van der Waals surface area contributed by atoms with Crippen molar-refractivity contribution < 1.29 is 22.3 Å². The van der Waals surface area contributed by atoms with Crippen LogP contribution in [0.1, 0.15) is 11.4 Å². The van der Waals surface area contributed by atoms with E-state index >= 15 is 0 Å². The third kappa shape index (κ3) is 5.55. The number of rotatable bonds is 6. The average Bonchev–Trinajstić information content (AvgIpc) is 2.74. The van der Waals surface area contributed by atoms with Gasteiger partial charge in [-0.25, -0.2) is 19.9 Å². The molecule has 14 heteroatoms. The summed E-state index contributed by atoms with van der Waals surface area (Å²) in [4.78, 5) is 23.4. The standard InChI is InChI=1S/C19H16F4N7O2P/c1-8-5-10(30-25)15(33)13-14(8)28-17(29-18(13)31)11(6-12(24)32-7-19(21,22)23)27-16-9(20)3-2-4-26-16/h2-6,24-25H,7,33H2,1H3,(H,26,27)(H,28,29,31)/b11-6-,24-12?,30-25?. The van der Waals surface area contributed by atoms with Crippen LogP contribution in [0, 0.1) is 23.7 Å². The Morgan fingerprint density at radius 1 is 1.42 bits per heavy atom. The minimum atomic E-state index is -4.68. The third-order valence-corrected chi connectivity index (χ3v) is 4.83. The third-order valence-electron chi connectivity index (χ3n) is 4.25. The van der Waals surface area contributed by atoms with Gasteiger partial charge in [-0.15, -0.1) is 9.24 Å². The maximum atomic E-state index is 14.1. The Morgan fingerprint density at radius 2 is 2.15 bits per heavy atom. The van der Waals surface area contributed by atoms with Crippen LogP contribution in [-0.4, -0.2) is 33.6 Å². The van der Waals surface area contributed by atoms with Gasteiger partial charge in [0.25, 0.3) is 5.56 Å². The predicted octanol–water partition coefficient (Wildman–Crippen LogP) is 3.94. The number of nitrogens with one attached hydrogen (secondary N) is 4. The zero-order valence-corrected chi connectivity index (χ0v) is 18.0. The van der Waals surface area contributed by atoms with Gasteiger partial charge in [0.2, 0.25) is 5.90 Å². The number of fused-ring (bicyclic) bond motifs is 1. The second-order valence-corrected chi connectivity index (χ2v) is 7.24. The molecule has 9 nitrogen and oxygen atoms in total. The SMILES string of the molecule is Cc1cc(N=N)c(P)c2c(=O)[nH]c(/C(=C/C(=N)OCC(F)(F)F)Nc3ncccc3F)nc12. The summed E-state index contributed by atoms with van der Waals surface area (Å²) in [6, 6.07) is 3.94. The number of hydrogen-bond acceptors (Lipinski definition) is 8. The van der Waals surface area contributed by atoms with Crippen molar-refractivity contribution in [1.29, 1.82) is 10.9 Å². The van der Waals surface area contributed by atoms with Gasteiger partial charge in [0, 0.05) is 17.6 Å². The summed E-state index contributed by atoms with van der Waals surface area (Å²) in [5, 5.41) is 14.0. The molecular weight excluding hydrogens is 465 g/mol. The molecule has 0 fully saturated rings. The summed E-state index contributed by atoms with van der Waals surface area (Å²) < 4.78 is 55.9. The molecule has 0 aliphatic carbocycles. The molecule has 0 aliphatic rings. The molecule has 0 spiro atoms. The molecule has 2 heterocycles. The van der Waals surface area contributed by atoms with Gasteiger partial charge in [0.15, 0.2) is 24.1 Å². The first-order chi connectivity index (χ1) is 15.5. The second-order valence-electron chi connectivity index (χ2n) is 6.66. The number of H-pyrrole nitrogens is 1. The molecule has 33 heavy (non-hydrogen) atoms. The lowest BCUT2D eigenvalue weighted by molar-refractivity contribution is -0.156. The molecule has 1 atom stereocenters. The van der Waals surface area contributed by atoms with Crippen LogP contribution < -0.4 is 16.2 Å². The minimum Gasteiger partial charge on any atom is -0.468 e. The highest BCUT2D eigenvalue weighted by molar-refractivity contribution is 7.29. The molecule has 0 amide bonds. The first-order valence-electron chi connectivity index (χ1n) is 9.08. The number of aromatic amines is 1. The molecule has 2 aromatic heterocycles. The van der Waals surface area contributed by atoms with Crippen LogP contribution in [0.2, 0.25) is 0 Å². The van der Waals surface area contributed by atoms with Gasteiger partial charge in [-0.1, -0.05) is 0 Å². The number of ether oxygens (including phenoxy) is 1. The van der Waals surface area contributed by atoms with Crippen molar-refractivity contribution in [3.8, 4) is 0 Å². The van der Waals surface area contributed by atoms with Crippen LogP contribution in [0.4, 0.5) is 29.1 Å². The van der Waals surface area contributed by atoms with Crippen molar-refractivity contribution in [1.82, 2.24) is 15.0 Å². The Hall–Kier alpha value is -3.73. The number of alkyl halides is 3. The molecule has 0 radical (unpaired) electrons. The van der Waals surface area contributed by atoms with Gasteiger partial charge in [-0.05, 0) is 30.7 Å². The van der Waals surface area contributed by atoms with E-state index in [0.29, 0.717) is 10.9 Å². The van der Waals surface area contributed by atoms with Gasteiger partial charge >= 0.3 is 6.18 Å². The summed E-state index contributed by atoms with van der Waals surface area (Å²) in [7, 11) is 2.31. The first-order valence-corrected chi connectivity index (χ1v) is 9.66. The number of hydrogen-bond donors (Lipinski definition) is 4. The smallest absolute Gasteiger partial charge is 0.422 e. The van der Waals surface area contributed by atoms with Crippen molar-refractivity contribution in [3.05, 3.63) is 58.0 Å². The quantitative estimate of drug-likeness (QED) is 0.139. The van der Waals surface area contributed by atoms with Gasteiger partial charge in [-0.3, -0.25) is 10.2 Å². The molecule has 0 saturated carbocycles. The zero-order valence-electron chi connectivity index (χ0n) is 16.8. The summed E-state index contributed by atoms with van der Waals surface area (Å²) in [5.74, 6) is -2.23. The molecule has 1 unspecified atom stereocenters. The number of aryl methyl sites for hydroxylation is 1. The van der Waals surface area contributed by atoms with Gasteiger partial charge < -0.3 is 15.0 Å². The lowest BCUT2D eigenvalue weighted by Crippen LogP contribution is -2.21. The van der Waals surface area contributed by atoms with Gasteiger partial charge in [-0.2, -0.15) is 18.3 Å². The van der Waals surface area contributed by atoms with Crippen LogP contribution in [-0.2, 0) is 4.74 Å². The van der Waals surface area contributed by atoms with Crippen molar-refractivity contribution in [2.45, 2.75) is 13.1 Å². The fourth-order valence-electron chi connectivity index (χ4n) is 2.81. The Balaban J connectivity index is 2.15. The molecule has 4 N–H and O–H groups in total. The van der Waals surface area contributed by atoms with Crippen LogP contribution in [0.5, 0.6) is 0 Å². The molecular formula is C19H16F4N7O2P. The maximum Gasteiger partial charge on any atom is 0.422 e. The number of anilines is 1. The monoisotopic (exact) mass is 481 g/mol. The van der Waals surface area contributed by atoms with E-state index in [1.807, 2.05) is 0 Å². The van der Waals surface area contributed by atoms with Gasteiger partial charge in [0.1, 0.15) is 0 Å². The number of nitrogens with zero attached hydrogens (tertiary/aromatic N) is 3. The van der Waals surface area contributed by atoms with E-state index in [4.69, 9.17) is 10.9 Å². The Labute approximate surface area is 185 Å². The lowest BCUT2D eigenvalue weighted by atomic mass is 10.1. The van der Waals surface area contributed by atoms with E-state index in [1.165, 1.54) is 18.3 Å². The highest BCUT2D eigenvalue weighted by Gasteiger charge is 2.29. The van der Waals surface area contributed by atoms with E-state index in [0.717, 1.165) is 12.1 Å². The summed E-state index contributed by atoms with van der Waals surface area (Å²) >= 11 is 0. The van der Waals surface area contributed by atoms with E-state index in [2.05, 4.69) is 39.4 Å². The summed E-state index contributed by atoms with van der Waals surface area (Å²) in [5.41, 5.74) is 7.29. The number of halogens is 4. The Morgan fingerprint density at radius 3 is 2.79 bits per heavy atom. The molecule has 1 aromatic carbocycles. The molecule has 0 saturated heterocycles. The zero-order chi connectivity index (χ0) is 24.3. The fourth-order valence-corrected chi connectivity index (χ4v) is 3.22. The Bertz CT molecular complexity index is 1340. The first kappa shape index (κ1) is 23.9. The fraction of sp³-hybridized carbons (Fsp3) is 0.158. The van der Waals surface area contributed by atoms with Crippen LogP contribution in [0.3, 0.4) is 0 Å². The molecule has 172 valence electrons. The summed E-state index contributed by atoms with van der Waals surface area (Å²) in [6.07, 6.45) is -2.60. The summed E-state index contributed by atoms with van der Waals surface area (Å²) in [6.45, 7) is -0.0920. The topological polar surface area (TPSA) is 140 Å². The van der Waals surface area contributed by atoms with Crippen LogP contribution >= 0.6 is 9.24 Å². The minimum absolute atomic E-state index is 0.126. The lowest BCUT2D eigenvalue weighted by Gasteiger charge is -2.14. The largest absolute Gasteiger partial charge is 0.468 e. The molecule has 0 aliphatic heterocycles. The highest BCUT2D eigenvalue weighted by atomic mass is 31.0. The van der Waals surface area contributed by atoms with Crippen molar-refractivity contribution in [2.75, 3.05) is 11.9 Å². The van der Waals surface area contributed by atoms with Crippen LogP contribution in [0.25, 0.3) is 16.6 Å². The van der Waals surface area contributed by atoms with Crippen molar-refractivity contribution in [2.24, 2.45) is 5.11 Å². The average molecular weight is 481 g/mol. The van der Waals surface area contributed by atoms with Crippen molar-refractivity contribution >= 4 is 48.5 Å². The molecule has 0 bridgehead atoms. The predicted molar refractivity (Wildman–Crippen MR) is 117 cm³/mol.